The van der Waals surface area contributed by atoms with Crippen molar-refractivity contribution in [3.05, 3.63) is 54.0 Å². The van der Waals surface area contributed by atoms with Crippen LogP contribution in [0.4, 0.5) is 4.39 Å². The van der Waals surface area contributed by atoms with E-state index in [9.17, 15) is 4.39 Å². The van der Waals surface area contributed by atoms with Crippen molar-refractivity contribution >= 4 is 21.4 Å². The number of hydrogen-bond donors (Lipinski definition) is 1. The third-order valence-electron chi connectivity index (χ3n) is 2.82. The minimum absolute atomic E-state index is 0.187. The molecule has 2 N–H and O–H groups in total. The Balaban J connectivity index is 2.10. The molecule has 18 heavy (non-hydrogen) atoms. The number of hydrogen-bond acceptors (Lipinski definition) is 3. The van der Waals surface area contributed by atoms with Gasteiger partial charge < -0.3 is 5.73 Å². The van der Waals surface area contributed by atoms with Crippen LogP contribution < -0.4 is 5.73 Å². The highest BCUT2D eigenvalue weighted by Gasteiger charge is 2.08. The van der Waals surface area contributed by atoms with Crippen LogP contribution >= 0.6 is 11.3 Å². The predicted molar refractivity (Wildman–Crippen MR) is 72.9 cm³/mol. The monoisotopic (exact) mass is 258 g/mol. The minimum atomic E-state index is -0.187. The molecule has 0 saturated heterocycles. The maximum absolute atomic E-state index is 13.6. The van der Waals surface area contributed by atoms with E-state index in [1.807, 2.05) is 24.3 Å². The Morgan fingerprint density at radius 2 is 2.11 bits per heavy atom. The highest BCUT2D eigenvalue weighted by atomic mass is 32.1. The topological polar surface area (TPSA) is 38.9 Å². The van der Waals surface area contributed by atoms with E-state index in [1.165, 1.54) is 6.07 Å². The van der Waals surface area contributed by atoms with Crippen LogP contribution in [0.1, 0.15) is 5.56 Å². The molecular formula is C14H11FN2S. The molecule has 0 unspecified atom stereocenters. The van der Waals surface area contributed by atoms with E-state index < -0.39 is 0 Å². The molecule has 0 saturated carbocycles. The molecule has 2 heterocycles. The number of rotatable bonds is 2. The fourth-order valence-electron chi connectivity index (χ4n) is 1.84. The Kier molecular flexibility index (Phi) is 2.81. The first-order chi connectivity index (χ1) is 8.78. The summed E-state index contributed by atoms with van der Waals surface area (Å²) in [5.74, 6) is -0.187. The van der Waals surface area contributed by atoms with Crippen molar-refractivity contribution in [2.75, 3.05) is 0 Å². The summed E-state index contributed by atoms with van der Waals surface area (Å²) >= 11 is 1.54. The summed E-state index contributed by atoms with van der Waals surface area (Å²) in [6.45, 7) is 0.480. The van der Waals surface area contributed by atoms with Crippen LogP contribution in [0.25, 0.3) is 20.7 Å². The van der Waals surface area contributed by atoms with Crippen LogP contribution in [-0.4, -0.2) is 4.98 Å². The van der Waals surface area contributed by atoms with Crippen LogP contribution in [0.15, 0.2) is 42.6 Å². The lowest BCUT2D eigenvalue weighted by Gasteiger charge is -1.98. The van der Waals surface area contributed by atoms with Gasteiger partial charge in [-0.25, -0.2) is 4.39 Å². The van der Waals surface area contributed by atoms with Crippen molar-refractivity contribution in [1.82, 2.24) is 4.98 Å². The molecule has 0 aliphatic rings. The van der Waals surface area contributed by atoms with E-state index >= 15 is 0 Å². The lowest BCUT2D eigenvalue weighted by Crippen LogP contribution is -1.96. The Bertz CT molecular complexity index is 689. The number of fused-ring (bicyclic) bond motifs is 1. The van der Waals surface area contributed by atoms with E-state index in [4.69, 9.17) is 5.73 Å². The lowest BCUT2D eigenvalue weighted by atomic mass is 10.2. The first-order valence-electron chi connectivity index (χ1n) is 5.61. The summed E-state index contributed by atoms with van der Waals surface area (Å²) in [6, 6.07) is 10.8. The van der Waals surface area contributed by atoms with Crippen molar-refractivity contribution in [3.63, 3.8) is 0 Å². The summed E-state index contributed by atoms with van der Waals surface area (Å²) in [5.41, 5.74) is 7.38. The number of halogens is 1. The molecule has 3 aromatic rings. The third kappa shape index (κ3) is 1.89. The molecule has 2 nitrogen and oxygen atoms in total. The van der Waals surface area contributed by atoms with Crippen LogP contribution in [0, 0.1) is 5.82 Å². The van der Waals surface area contributed by atoms with Gasteiger partial charge in [-0.05, 0) is 29.8 Å². The molecule has 0 amide bonds. The SMILES string of the molecule is NCc1ccc(-c2cc3c(F)cccc3s2)nc1. The molecule has 3 rings (SSSR count). The van der Waals surface area contributed by atoms with Crippen molar-refractivity contribution in [2.45, 2.75) is 6.54 Å². The van der Waals surface area contributed by atoms with Crippen LogP contribution in [0.2, 0.25) is 0 Å². The zero-order chi connectivity index (χ0) is 12.5. The van der Waals surface area contributed by atoms with Gasteiger partial charge in [0.05, 0.1) is 10.6 Å². The molecule has 1 aromatic carbocycles. The lowest BCUT2D eigenvalue weighted by molar-refractivity contribution is 0.640. The molecule has 0 bridgehead atoms. The van der Waals surface area contributed by atoms with Gasteiger partial charge in [0.15, 0.2) is 0 Å². The van der Waals surface area contributed by atoms with Gasteiger partial charge in [0.2, 0.25) is 0 Å². The zero-order valence-corrected chi connectivity index (χ0v) is 10.4. The first-order valence-corrected chi connectivity index (χ1v) is 6.43. The summed E-state index contributed by atoms with van der Waals surface area (Å²) in [7, 11) is 0. The van der Waals surface area contributed by atoms with Crippen molar-refractivity contribution in [2.24, 2.45) is 5.73 Å². The van der Waals surface area contributed by atoms with Gasteiger partial charge >= 0.3 is 0 Å². The van der Waals surface area contributed by atoms with Gasteiger partial charge in [0, 0.05) is 22.8 Å². The Morgan fingerprint density at radius 1 is 1.22 bits per heavy atom. The fourth-order valence-corrected chi connectivity index (χ4v) is 2.89. The molecular weight excluding hydrogens is 247 g/mol. The molecule has 0 aliphatic heterocycles. The second kappa shape index (κ2) is 4.48. The Labute approximate surface area is 108 Å². The van der Waals surface area contributed by atoms with Crippen LogP contribution in [-0.2, 0) is 6.54 Å². The van der Waals surface area contributed by atoms with Crippen molar-refractivity contribution < 1.29 is 4.39 Å². The van der Waals surface area contributed by atoms with Gasteiger partial charge in [-0.15, -0.1) is 11.3 Å². The molecule has 4 heteroatoms. The molecule has 0 aliphatic carbocycles. The Morgan fingerprint density at radius 3 is 2.78 bits per heavy atom. The van der Waals surface area contributed by atoms with Crippen molar-refractivity contribution in [3.8, 4) is 10.6 Å². The highest BCUT2D eigenvalue weighted by molar-refractivity contribution is 7.22. The maximum Gasteiger partial charge on any atom is 0.131 e. The maximum atomic E-state index is 13.6. The molecule has 0 spiro atoms. The summed E-state index contributed by atoms with van der Waals surface area (Å²) in [5, 5.41) is 0.655. The van der Waals surface area contributed by atoms with Gasteiger partial charge in [0.1, 0.15) is 5.82 Å². The molecule has 0 atom stereocenters. The molecule has 0 radical (unpaired) electrons. The summed E-state index contributed by atoms with van der Waals surface area (Å²) in [6.07, 6.45) is 1.76. The van der Waals surface area contributed by atoms with Gasteiger partial charge in [-0.1, -0.05) is 12.1 Å². The largest absolute Gasteiger partial charge is 0.326 e. The number of nitrogens with two attached hydrogens (primary N) is 1. The molecule has 2 aromatic heterocycles. The number of benzene rings is 1. The van der Waals surface area contributed by atoms with E-state index in [2.05, 4.69) is 4.98 Å². The van der Waals surface area contributed by atoms with E-state index in [0.717, 1.165) is 20.8 Å². The normalized spacial score (nSPS) is 11.0. The third-order valence-corrected chi connectivity index (χ3v) is 3.94. The standard InChI is InChI=1S/C14H11FN2S/c15-11-2-1-3-13-10(11)6-14(18-13)12-5-4-9(7-16)8-17-12/h1-6,8H,7,16H2. The van der Waals surface area contributed by atoms with E-state index in [1.54, 1.807) is 23.6 Å². The highest BCUT2D eigenvalue weighted by Crippen LogP contribution is 2.33. The average Bonchev–Trinajstić information content (AvgIpc) is 2.84. The fraction of sp³-hybridized carbons (Fsp3) is 0.0714. The number of thiophene rings is 1. The summed E-state index contributed by atoms with van der Waals surface area (Å²) in [4.78, 5) is 5.32. The van der Waals surface area contributed by atoms with E-state index in [-0.39, 0.29) is 5.82 Å². The van der Waals surface area contributed by atoms with Gasteiger partial charge in [-0.3, -0.25) is 4.98 Å². The zero-order valence-electron chi connectivity index (χ0n) is 9.56. The molecule has 0 fully saturated rings. The number of nitrogens with zero attached hydrogens (tertiary/aromatic N) is 1. The van der Waals surface area contributed by atoms with Crippen molar-refractivity contribution in [1.29, 1.82) is 0 Å². The predicted octanol–water partition coefficient (Wildman–Crippen LogP) is 3.56. The van der Waals surface area contributed by atoms with Crippen LogP contribution in [0.5, 0.6) is 0 Å². The summed E-state index contributed by atoms with van der Waals surface area (Å²) < 4.78 is 14.5. The Hall–Kier alpha value is -1.78. The smallest absolute Gasteiger partial charge is 0.131 e. The number of aromatic nitrogens is 1. The van der Waals surface area contributed by atoms with Gasteiger partial charge in [-0.2, -0.15) is 0 Å². The first kappa shape index (κ1) is 11.3. The van der Waals surface area contributed by atoms with E-state index in [0.29, 0.717) is 11.9 Å². The molecule has 90 valence electrons. The second-order valence-electron chi connectivity index (χ2n) is 4.02. The average molecular weight is 258 g/mol. The second-order valence-corrected chi connectivity index (χ2v) is 5.10. The number of pyridine rings is 1. The quantitative estimate of drug-likeness (QED) is 0.763. The van der Waals surface area contributed by atoms with Crippen LogP contribution in [0.3, 0.4) is 0 Å². The van der Waals surface area contributed by atoms with Gasteiger partial charge in [0.25, 0.3) is 0 Å². The minimum Gasteiger partial charge on any atom is -0.326 e.